The molecule has 0 fully saturated rings. The smallest absolute Gasteiger partial charge is 0.144 e. The number of nitrogens with one attached hydrogen (secondary N) is 1. The van der Waals surface area contributed by atoms with Gasteiger partial charge in [0.15, 0.2) is 0 Å². The molecule has 0 spiro atoms. The zero-order valence-electron chi connectivity index (χ0n) is 6.95. The first-order chi connectivity index (χ1) is 5.83. The van der Waals surface area contributed by atoms with E-state index in [9.17, 15) is 0 Å². The van der Waals surface area contributed by atoms with Crippen molar-refractivity contribution in [2.45, 2.75) is 0 Å². The van der Waals surface area contributed by atoms with E-state index in [1.165, 1.54) is 6.20 Å². The van der Waals surface area contributed by atoms with Crippen molar-refractivity contribution in [3.8, 4) is 0 Å². The SMILES string of the molecule is COCCNc1cnc(N)cn1. The van der Waals surface area contributed by atoms with E-state index in [1.54, 1.807) is 13.3 Å². The van der Waals surface area contributed by atoms with E-state index in [0.29, 0.717) is 18.2 Å². The highest BCUT2D eigenvalue weighted by atomic mass is 16.5. The molecule has 0 aliphatic rings. The summed E-state index contributed by atoms with van der Waals surface area (Å²) in [6.07, 6.45) is 3.10. The maximum absolute atomic E-state index is 5.36. The Labute approximate surface area is 71.0 Å². The summed E-state index contributed by atoms with van der Waals surface area (Å²) >= 11 is 0. The second-order valence-corrected chi connectivity index (χ2v) is 2.25. The lowest BCUT2D eigenvalue weighted by Crippen LogP contribution is -2.09. The molecule has 0 amide bonds. The van der Waals surface area contributed by atoms with Gasteiger partial charge in [0.2, 0.25) is 0 Å². The standard InChI is InChI=1S/C7H12N4O/c1-12-3-2-9-7-5-10-6(8)4-11-7/h4-5H,2-3H2,1H3,(H2,8,10)(H,9,11). The summed E-state index contributed by atoms with van der Waals surface area (Å²) in [6, 6.07) is 0. The van der Waals surface area contributed by atoms with Gasteiger partial charge < -0.3 is 15.8 Å². The number of nitrogens with zero attached hydrogens (tertiary/aromatic N) is 2. The molecule has 0 aliphatic heterocycles. The van der Waals surface area contributed by atoms with Crippen molar-refractivity contribution in [3.05, 3.63) is 12.4 Å². The predicted molar refractivity (Wildman–Crippen MR) is 46.8 cm³/mol. The van der Waals surface area contributed by atoms with Crippen molar-refractivity contribution in [3.63, 3.8) is 0 Å². The highest BCUT2D eigenvalue weighted by Gasteiger charge is 1.92. The third kappa shape index (κ3) is 2.71. The number of anilines is 2. The maximum atomic E-state index is 5.36. The molecule has 1 heterocycles. The van der Waals surface area contributed by atoms with Gasteiger partial charge >= 0.3 is 0 Å². The summed E-state index contributed by atoms with van der Waals surface area (Å²) in [5.74, 6) is 1.13. The number of nitrogen functional groups attached to an aromatic ring is 1. The monoisotopic (exact) mass is 168 g/mol. The van der Waals surface area contributed by atoms with Gasteiger partial charge in [-0.15, -0.1) is 0 Å². The van der Waals surface area contributed by atoms with Crippen LogP contribution < -0.4 is 11.1 Å². The van der Waals surface area contributed by atoms with Gasteiger partial charge in [-0.05, 0) is 0 Å². The van der Waals surface area contributed by atoms with Gasteiger partial charge in [-0.2, -0.15) is 0 Å². The van der Waals surface area contributed by atoms with Crippen LogP contribution in [0.15, 0.2) is 12.4 Å². The van der Waals surface area contributed by atoms with E-state index in [-0.39, 0.29) is 0 Å². The van der Waals surface area contributed by atoms with Crippen molar-refractivity contribution >= 4 is 11.6 Å². The molecule has 0 aliphatic carbocycles. The Hall–Kier alpha value is -1.36. The molecule has 0 saturated carbocycles. The van der Waals surface area contributed by atoms with Crippen LogP contribution in [0.5, 0.6) is 0 Å². The number of aromatic nitrogens is 2. The fourth-order valence-electron chi connectivity index (χ4n) is 0.710. The van der Waals surface area contributed by atoms with E-state index in [4.69, 9.17) is 10.5 Å². The number of rotatable bonds is 4. The van der Waals surface area contributed by atoms with Gasteiger partial charge in [0.1, 0.15) is 11.6 Å². The molecule has 12 heavy (non-hydrogen) atoms. The van der Waals surface area contributed by atoms with Gasteiger partial charge in [-0.1, -0.05) is 0 Å². The van der Waals surface area contributed by atoms with E-state index >= 15 is 0 Å². The van der Waals surface area contributed by atoms with Gasteiger partial charge in [0, 0.05) is 13.7 Å². The second kappa shape index (κ2) is 4.50. The minimum absolute atomic E-state index is 0.423. The predicted octanol–water partition coefficient (Wildman–Crippen LogP) is 0.117. The lowest BCUT2D eigenvalue weighted by molar-refractivity contribution is 0.210. The Morgan fingerprint density at radius 2 is 2.33 bits per heavy atom. The number of nitrogens with two attached hydrogens (primary N) is 1. The molecule has 66 valence electrons. The third-order valence-electron chi connectivity index (χ3n) is 1.28. The minimum Gasteiger partial charge on any atom is -0.383 e. The van der Waals surface area contributed by atoms with E-state index in [1.807, 2.05) is 0 Å². The lowest BCUT2D eigenvalue weighted by atomic mass is 10.6. The first-order valence-electron chi connectivity index (χ1n) is 3.63. The maximum Gasteiger partial charge on any atom is 0.144 e. The largest absolute Gasteiger partial charge is 0.383 e. The Morgan fingerprint density at radius 3 is 2.92 bits per heavy atom. The van der Waals surface area contributed by atoms with Crippen LogP contribution in [0.4, 0.5) is 11.6 Å². The molecular weight excluding hydrogens is 156 g/mol. The molecule has 1 rings (SSSR count). The van der Waals surface area contributed by atoms with Crippen LogP contribution in [0.3, 0.4) is 0 Å². The summed E-state index contributed by atoms with van der Waals surface area (Å²) in [5.41, 5.74) is 5.36. The van der Waals surface area contributed by atoms with Crippen molar-refractivity contribution in [2.24, 2.45) is 0 Å². The third-order valence-corrected chi connectivity index (χ3v) is 1.28. The van der Waals surface area contributed by atoms with Gasteiger partial charge in [-0.3, -0.25) is 0 Å². The Kier molecular flexibility index (Phi) is 3.28. The highest BCUT2D eigenvalue weighted by molar-refractivity contribution is 5.35. The summed E-state index contributed by atoms with van der Waals surface area (Å²) in [7, 11) is 1.65. The molecule has 0 aromatic carbocycles. The fourth-order valence-corrected chi connectivity index (χ4v) is 0.710. The zero-order chi connectivity index (χ0) is 8.81. The van der Waals surface area contributed by atoms with Crippen LogP contribution in [0.2, 0.25) is 0 Å². The molecule has 0 saturated heterocycles. The Morgan fingerprint density at radius 1 is 1.50 bits per heavy atom. The topological polar surface area (TPSA) is 73.1 Å². The second-order valence-electron chi connectivity index (χ2n) is 2.25. The molecule has 0 atom stereocenters. The van der Waals surface area contributed by atoms with Crippen LogP contribution in [0, 0.1) is 0 Å². The summed E-state index contributed by atoms with van der Waals surface area (Å²) < 4.78 is 4.85. The molecule has 1 aromatic rings. The lowest BCUT2D eigenvalue weighted by Gasteiger charge is -2.03. The van der Waals surface area contributed by atoms with Crippen molar-refractivity contribution < 1.29 is 4.74 Å². The van der Waals surface area contributed by atoms with Gasteiger partial charge in [-0.25, -0.2) is 9.97 Å². The van der Waals surface area contributed by atoms with E-state index in [0.717, 1.165) is 6.54 Å². The van der Waals surface area contributed by atoms with Crippen LogP contribution >= 0.6 is 0 Å². The highest BCUT2D eigenvalue weighted by Crippen LogP contribution is 2.00. The number of hydrogen-bond donors (Lipinski definition) is 2. The molecule has 0 bridgehead atoms. The number of methoxy groups -OCH3 is 1. The first kappa shape index (κ1) is 8.73. The number of ether oxygens (including phenoxy) is 1. The molecule has 1 aromatic heterocycles. The van der Waals surface area contributed by atoms with Crippen molar-refractivity contribution in [1.82, 2.24) is 9.97 Å². The Balaban J connectivity index is 2.37. The number of hydrogen-bond acceptors (Lipinski definition) is 5. The average Bonchev–Trinajstić information content (AvgIpc) is 2.09. The summed E-state index contributed by atoms with van der Waals surface area (Å²) in [4.78, 5) is 7.87. The fraction of sp³-hybridized carbons (Fsp3) is 0.429. The molecule has 3 N–H and O–H groups in total. The average molecular weight is 168 g/mol. The van der Waals surface area contributed by atoms with Gasteiger partial charge in [0.25, 0.3) is 0 Å². The van der Waals surface area contributed by atoms with Crippen LogP contribution in [-0.4, -0.2) is 30.2 Å². The van der Waals surface area contributed by atoms with E-state index < -0.39 is 0 Å². The molecule has 0 radical (unpaired) electrons. The molecular formula is C7H12N4O. The van der Waals surface area contributed by atoms with Gasteiger partial charge in [0.05, 0.1) is 19.0 Å². The van der Waals surface area contributed by atoms with E-state index in [2.05, 4.69) is 15.3 Å². The molecule has 5 nitrogen and oxygen atoms in total. The quantitative estimate of drug-likeness (QED) is 0.624. The van der Waals surface area contributed by atoms with Crippen molar-refractivity contribution in [1.29, 1.82) is 0 Å². The van der Waals surface area contributed by atoms with Crippen molar-refractivity contribution in [2.75, 3.05) is 31.3 Å². The normalized spacial score (nSPS) is 9.75. The van der Waals surface area contributed by atoms with Crippen LogP contribution in [-0.2, 0) is 4.74 Å². The van der Waals surface area contributed by atoms with Crippen LogP contribution in [0.1, 0.15) is 0 Å². The Bertz CT molecular complexity index is 223. The molecule has 5 heteroatoms. The zero-order valence-corrected chi connectivity index (χ0v) is 6.95. The summed E-state index contributed by atoms with van der Waals surface area (Å²) in [5, 5.41) is 3.02. The molecule has 0 unspecified atom stereocenters. The minimum atomic E-state index is 0.423. The van der Waals surface area contributed by atoms with Crippen LogP contribution in [0.25, 0.3) is 0 Å². The first-order valence-corrected chi connectivity index (χ1v) is 3.63. The summed E-state index contributed by atoms with van der Waals surface area (Å²) in [6.45, 7) is 1.36.